The molecule has 5 heteroatoms. The minimum Gasteiger partial charge on any atom is -0.463 e. The van der Waals surface area contributed by atoms with Crippen LogP contribution in [0, 0.1) is 0 Å². The lowest BCUT2D eigenvalue weighted by molar-refractivity contribution is 0.0582. The van der Waals surface area contributed by atoms with Crippen molar-refractivity contribution in [1.29, 1.82) is 0 Å². The van der Waals surface area contributed by atoms with E-state index in [2.05, 4.69) is 72.4 Å². The number of nitrogens with zero attached hydrogens (tertiary/aromatic N) is 3. The Hall–Kier alpha value is -3.11. The summed E-state index contributed by atoms with van der Waals surface area (Å²) in [7, 11) is 2.09. The van der Waals surface area contributed by atoms with Crippen LogP contribution in [-0.2, 0) is 5.41 Å². The number of hydrogen-bond donors (Lipinski definition) is 0. The summed E-state index contributed by atoms with van der Waals surface area (Å²) in [4.78, 5) is 2.23. The number of para-hydroxylation sites is 1. The van der Waals surface area contributed by atoms with Gasteiger partial charge >= 0.3 is 0 Å². The molecule has 0 fully saturated rings. The monoisotopic (exact) mass is 415 g/mol. The molecule has 1 atom stereocenters. The van der Waals surface area contributed by atoms with Gasteiger partial charge in [-0.2, -0.15) is 10.2 Å². The van der Waals surface area contributed by atoms with Crippen LogP contribution in [0.25, 0.3) is 6.08 Å². The van der Waals surface area contributed by atoms with Crippen molar-refractivity contribution >= 4 is 34.7 Å². The first-order valence-corrected chi connectivity index (χ1v) is 10.3. The van der Waals surface area contributed by atoms with E-state index in [1.165, 1.54) is 11.3 Å². The fourth-order valence-electron chi connectivity index (χ4n) is 4.45. The summed E-state index contributed by atoms with van der Waals surface area (Å²) in [6.07, 6.45) is 4.29. The number of azo groups is 1. The second-order valence-electron chi connectivity index (χ2n) is 8.23. The van der Waals surface area contributed by atoms with Gasteiger partial charge in [0.05, 0.1) is 16.8 Å². The van der Waals surface area contributed by atoms with Gasteiger partial charge in [0.1, 0.15) is 5.75 Å². The summed E-state index contributed by atoms with van der Waals surface area (Å²) in [5, 5.41) is 9.34. The molecule has 150 valence electrons. The maximum absolute atomic E-state index is 6.67. The first-order valence-electron chi connectivity index (χ1n) is 9.94. The average Bonchev–Trinajstić information content (AvgIpc) is 2.92. The van der Waals surface area contributed by atoms with Crippen LogP contribution in [0.4, 0.5) is 17.1 Å². The number of benzene rings is 3. The maximum Gasteiger partial charge on any atom is 0.211 e. The Morgan fingerprint density at radius 3 is 2.37 bits per heavy atom. The fourth-order valence-corrected chi connectivity index (χ4v) is 4.58. The Labute approximate surface area is 181 Å². The van der Waals surface area contributed by atoms with E-state index in [9.17, 15) is 0 Å². The van der Waals surface area contributed by atoms with Crippen LogP contribution < -0.4 is 9.64 Å². The Morgan fingerprint density at radius 1 is 0.900 bits per heavy atom. The molecule has 0 saturated carbocycles. The topological polar surface area (TPSA) is 37.2 Å². The second-order valence-corrected chi connectivity index (χ2v) is 8.67. The molecule has 0 aliphatic carbocycles. The Bertz CT molecular complexity index is 1180. The molecule has 2 heterocycles. The third-order valence-corrected chi connectivity index (χ3v) is 6.44. The predicted octanol–water partition coefficient (Wildman–Crippen LogP) is 7.28. The van der Waals surface area contributed by atoms with Crippen LogP contribution in [0.2, 0.25) is 5.02 Å². The molecule has 0 aromatic heterocycles. The van der Waals surface area contributed by atoms with Gasteiger partial charge in [-0.1, -0.05) is 29.8 Å². The molecule has 0 saturated heterocycles. The molecule has 3 aromatic carbocycles. The van der Waals surface area contributed by atoms with Gasteiger partial charge in [0.25, 0.3) is 0 Å². The highest BCUT2D eigenvalue weighted by Crippen LogP contribution is 2.54. The van der Waals surface area contributed by atoms with E-state index in [4.69, 9.17) is 16.3 Å². The van der Waals surface area contributed by atoms with Gasteiger partial charge in [-0.25, -0.2) is 0 Å². The third-order valence-electron chi connectivity index (χ3n) is 6.19. The molecule has 0 amide bonds. The lowest BCUT2D eigenvalue weighted by Crippen LogP contribution is -2.58. The Balaban J connectivity index is 1.47. The van der Waals surface area contributed by atoms with Crippen molar-refractivity contribution in [1.82, 2.24) is 0 Å². The summed E-state index contributed by atoms with van der Waals surface area (Å²) < 4.78 is 6.67. The molecule has 5 rings (SSSR count). The number of rotatable bonds is 2. The lowest BCUT2D eigenvalue weighted by Gasteiger charge is -2.45. The number of fused-ring (bicyclic) bond motifs is 2. The molecule has 3 aromatic rings. The molecule has 4 nitrogen and oxygen atoms in total. The van der Waals surface area contributed by atoms with Crippen LogP contribution >= 0.6 is 11.6 Å². The van der Waals surface area contributed by atoms with E-state index in [0.717, 1.165) is 22.7 Å². The molecule has 0 bridgehead atoms. The van der Waals surface area contributed by atoms with Gasteiger partial charge in [-0.3, -0.25) is 0 Å². The lowest BCUT2D eigenvalue weighted by atomic mass is 9.76. The number of anilines is 1. The molecular formula is C25H22ClN3O. The van der Waals surface area contributed by atoms with Gasteiger partial charge in [0, 0.05) is 23.3 Å². The summed E-state index contributed by atoms with van der Waals surface area (Å²) in [6.45, 7) is 4.47. The molecule has 30 heavy (non-hydrogen) atoms. The Morgan fingerprint density at radius 2 is 1.60 bits per heavy atom. The summed E-state index contributed by atoms with van der Waals surface area (Å²) in [5.74, 6) is 0.843. The number of ether oxygens (including phenoxy) is 1. The predicted molar refractivity (Wildman–Crippen MR) is 122 cm³/mol. The highest BCUT2D eigenvalue weighted by molar-refractivity contribution is 6.30. The van der Waals surface area contributed by atoms with Crippen molar-refractivity contribution in [2.24, 2.45) is 10.2 Å². The largest absolute Gasteiger partial charge is 0.463 e. The van der Waals surface area contributed by atoms with Crippen molar-refractivity contribution in [3.63, 3.8) is 0 Å². The van der Waals surface area contributed by atoms with Crippen LogP contribution in [-0.4, -0.2) is 12.8 Å². The minimum atomic E-state index is -0.573. The highest BCUT2D eigenvalue weighted by atomic mass is 35.5. The summed E-state index contributed by atoms with van der Waals surface area (Å²) in [5.41, 5.74) is 4.23. The second kappa shape index (κ2) is 6.71. The third kappa shape index (κ3) is 2.75. The highest BCUT2D eigenvalue weighted by Gasteiger charge is 2.57. The van der Waals surface area contributed by atoms with E-state index < -0.39 is 5.72 Å². The molecule has 2 aliphatic rings. The molecular weight excluding hydrogens is 394 g/mol. The standard InChI is InChI=1S/C25H22ClN3O/c1-24(2)21-6-4-5-7-22(21)29(3)25(24)15-14-17-16-20(12-13-23(17)30-25)28-27-19-10-8-18(26)9-11-19/h4-16H,1-3H3/b28-27+. The molecule has 2 aliphatic heterocycles. The summed E-state index contributed by atoms with van der Waals surface area (Å²) in [6, 6.07) is 21.7. The number of hydrogen-bond acceptors (Lipinski definition) is 4. The normalized spacial score (nSPS) is 21.0. The number of halogens is 1. The van der Waals surface area contributed by atoms with E-state index in [-0.39, 0.29) is 5.41 Å². The molecule has 0 radical (unpaired) electrons. The zero-order chi connectivity index (χ0) is 20.9. The zero-order valence-corrected chi connectivity index (χ0v) is 17.9. The van der Waals surface area contributed by atoms with E-state index in [1.807, 2.05) is 30.3 Å². The van der Waals surface area contributed by atoms with Gasteiger partial charge < -0.3 is 9.64 Å². The van der Waals surface area contributed by atoms with Crippen LogP contribution in [0.5, 0.6) is 5.75 Å². The van der Waals surface area contributed by atoms with Gasteiger partial charge in [-0.15, -0.1) is 0 Å². The van der Waals surface area contributed by atoms with Crippen LogP contribution in [0.1, 0.15) is 25.0 Å². The first kappa shape index (κ1) is 18.9. The fraction of sp³-hybridized carbons (Fsp3) is 0.200. The van der Waals surface area contributed by atoms with Crippen molar-refractivity contribution in [2.75, 3.05) is 11.9 Å². The zero-order valence-electron chi connectivity index (χ0n) is 17.1. The quantitative estimate of drug-likeness (QED) is 0.412. The van der Waals surface area contributed by atoms with Gasteiger partial charge in [-0.05, 0) is 80.1 Å². The van der Waals surface area contributed by atoms with E-state index >= 15 is 0 Å². The van der Waals surface area contributed by atoms with Crippen molar-refractivity contribution in [2.45, 2.75) is 25.0 Å². The van der Waals surface area contributed by atoms with Crippen molar-refractivity contribution in [3.8, 4) is 5.75 Å². The minimum absolute atomic E-state index is 0.209. The first-order chi connectivity index (χ1) is 14.4. The SMILES string of the molecule is CN1c2ccccc2C(C)(C)C12C=Cc1cc(/N=N/c3ccc(Cl)cc3)ccc1O2. The molecule has 1 spiro atoms. The van der Waals surface area contributed by atoms with E-state index in [1.54, 1.807) is 12.1 Å². The molecule has 0 N–H and O–H groups in total. The summed E-state index contributed by atoms with van der Waals surface area (Å²) >= 11 is 5.92. The average molecular weight is 416 g/mol. The van der Waals surface area contributed by atoms with E-state index in [0.29, 0.717) is 5.02 Å². The smallest absolute Gasteiger partial charge is 0.211 e. The Kier molecular flexibility index (Phi) is 4.23. The molecule has 1 unspecified atom stereocenters. The maximum atomic E-state index is 6.67. The van der Waals surface area contributed by atoms with Crippen LogP contribution in [0.15, 0.2) is 83.0 Å². The number of likely N-dealkylation sites (N-methyl/N-ethyl adjacent to an activating group) is 1. The van der Waals surface area contributed by atoms with Crippen molar-refractivity contribution in [3.05, 3.63) is 89.0 Å². The van der Waals surface area contributed by atoms with Crippen LogP contribution in [0.3, 0.4) is 0 Å². The van der Waals surface area contributed by atoms with Crippen molar-refractivity contribution < 1.29 is 4.74 Å². The van der Waals surface area contributed by atoms with Gasteiger partial charge in [0.15, 0.2) is 0 Å². The van der Waals surface area contributed by atoms with Gasteiger partial charge in [0.2, 0.25) is 5.72 Å².